The molecule has 5 aromatic carbocycles. The summed E-state index contributed by atoms with van der Waals surface area (Å²) < 4.78 is 0. The molecule has 1 N–H and O–H groups in total. The molecule has 0 spiro atoms. The predicted molar refractivity (Wildman–Crippen MR) is 103 cm³/mol. The molecule has 0 saturated carbocycles. The van der Waals surface area contributed by atoms with E-state index in [1.807, 2.05) is 6.07 Å². The minimum atomic E-state index is 0.262. The fourth-order valence-corrected chi connectivity index (χ4v) is 4.32. The molecule has 0 aliphatic carbocycles. The molecular formula is C23H18O. The highest BCUT2D eigenvalue weighted by atomic mass is 16.3. The maximum Gasteiger partial charge on any atom is 0.120 e. The zero-order valence-corrected chi connectivity index (χ0v) is 13.8. The van der Waals surface area contributed by atoms with Crippen LogP contribution in [-0.2, 0) is 0 Å². The molecule has 0 radical (unpaired) electrons. The molecular weight excluding hydrogens is 292 g/mol. The lowest BCUT2D eigenvalue weighted by atomic mass is 9.85. The summed E-state index contributed by atoms with van der Waals surface area (Å²) in [6, 6.07) is 21.3. The predicted octanol–water partition coefficient (Wildman–Crippen LogP) is 6.57. The van der Waals surface area contributed by atoms with Crippen LogP contribution in [0.15, 0.2) is 60.7 Å². The molecule has 0 aliphatic rings. The van der Waals surface area contributed by atoms with E-state index in [0.29, 0.717) is 5.75 Å². The Morgan fingerprint density at radius 3 is 1.92 bits per heavy atom. The van der Waals surface area contributed by atoms with Crippen LogP contribution in [0.25, 0.3) is 43.1 Å². The second kappa shape index (κ2) is 4.61. The van der Waals surface area contributed by atoms with Gasteiger partial charge in [0.1, 0.15) is 5.75 Å². The molecule has 0 bridgehead atoms. The smallest absolute Gasteiger partial charge is 0.120 e. The fourth-order valence-electron chi connectivity index (χ4n) is 4.32. The average Bonchev–Trinajstić information content (AvgIpc) is 2.58. The van der Waals surface area contributed by atoms with Gasteiger partial charge in [0.05, 0.1) is 0 Å². The highest BCUT2D eigenvalue weighted by Gasteiger charge is 2.19. The third-order valence-electron chi connectivity index (χ3n) is 5.23. The molecule has 5 aromatic rings. The zero-order valence-electron chi connectivity index (χ0n) is 13.8. The van der Waals surface area contributed by atoms with Crippen molar-refractivity contribution in [2.75, 3.05) is 0 Å². The van der Waals surface area contributed by atoms with Crippen LogP contribution in [-0.4, -0.2) is 5.11 Å². The van der Waals surface area contributed by atoms with E-state index in [4.69, 9.17) is 0 Å². The second-order valence-electron chi connectivity index (χ2n) is 6.95. The number of hydrogen-bond acceptors (Lipinski definition) is 1. The largest absolute Gasteiger partial charge is 0.508 e. The fraction of sp³-hybridized carbons (Fsp3) is 0.130. The Balaban J connectivity index is 2.26. The van der Waals surface area contributed by atoms with Gasteiger partial charge in [-0.1, -0.05) is 68.4 Å². The molecule has 0 saturated heterocycles. The summed E-state index contributed by atoms with van der Waals surface area (Å²) in [5.41, 5.74) is 1.05. The first kappa shape index (κ1) is 13.6. The Morgan fingerprint density at radius 1 is 0.667 bits per heavy atom. The van der Waals surface area contributed by atoms with Gasteiger partial charge in [0.15, 0.2) is 0 Å². The van der Waals surface area contributed by atoms with E-state index < -0.39 is 0 Å². The Hall–Kier alpha value is -2.80. The first-order valence-electron chi connectivity index (χ1n) is 8.48. The first-order chi connectivity index (χ1) is 11.7. The Labute approximate surface area is 140 Å². The summed E-state index contributed by atoms with van der Waals surface area (Å²) in [6.07, 6.45) is 0. The SMILES string of the molecule is CC(C)c1c(O)cc2cccc3c4cccc5cccc(c1c23)c54. The van der Waals surface area contributed by atoms with Crippen molar-refractivity contribution in [1.29, 1.82) is 0 Å². The third-order valence-corrected chi connectivity index (χ3v) is 5.23. The van der Waals surface area contributed by atoms with E-state index in [9.17, 15) is 5.11 Å². The van der Waals surface area contributed by atoms with Crippen LogP contribution >= 0.6 is 0 Å². The summed E-state index contributed by atoms with van der Waals surface area (Å²) in [5.74, 6) is 0.666. The molecule has 0 amide bonds. The average molecular weight is 310 g/mol. The number of benzene rings is 5. The van der Waals surface area contributed by atoms with Crippen molar-refractivity contribution in [2.24, 2.45) is 0 Å². The number of phenols is 1. The molecule has 1 nitrogen and oxygen atoms in total. The normalized spacial score (nSPS) is 12.3. The molecule has 1 heteroatoms. The van der Waals surface area contributed by atoms with Crippen molar-refractivity contribution in [3.8, 4) is 5.75 Å². The van der Waals surface area contributed by atoms with Gasteiger partial charge in [-0.25, -0.2) is 0 Å². The van der Waals surface area contributed by atoms with Crippen molar-refractivity contribution >= 4 is 43.1 Å². The molecule has 0 aliphatic heterocycles. The number of phenolic OH excluding ortho intramolecular Hbond substituents is 1. The Morgan fingerprint density at radius 2 is 1.25 bits per heavy atom. The van der Waals surface area contributed by atoms with Gasteiger partial charge in [-0.3, -0.25) is 0 Å². The van der Waals surface area contributed by atoms with Gasteiger partial charge in [-0.05, 0) is 55.1 Å². The van der Waals surface area contributed by atoms with Crippen molar-refractivity contribution in [3.05, 3.63) is 66.2 Å². The number of fused-ring (bicyclic) bond motifs is 2. The van der Waals surface area contributed by atoms with Crippen LogP contribution in [0.2, 0.25) is 0 Å². The Kier molecular flexibility index (Phi) is 2.62. The second-order valence-corrected chi connectivity index (χ2v) is 6.95. The van der Waals surface area contributed by atoms with Gasteiger partial charge < -0.3 is 5.11 Å². The van der Waals surface area contributed by atoms with Gasteiger partial charge in [0.2, 0.25) is 0 Å². The summed E-state index contributed by atoms with van der Waals surface area (Å²) in [6.45, 7) is 4.31. The monoisotopic (exact) mass is 310 g/mol. The lowest BCUT2D eigenvalue weighted by Gasteiger charge is -2.19. The minimum absolute atomic E-state index is 0.262. The van der Waals surface area contributed by atoms with E-state index in [2.05, 4.69) is 68.4 Å². The molecule has 0 fully saturated rings. The summed E-state index contributed by atoms with van der Waals surface area (Å²) in [5, 5.41) is 20.7. The lowest BCUT2D eigenvalue weighted by Crippen LogP contribution is -1.95. The van der Waals surface area contributed by atoms with Gasteiger partial charge in [0.25, 0.3) is 0 Å². The molecule has 5 rings (SSSR count). The molecule has 0 atom stereocenters. The molecule has 0 aromatic heterocycles. The van der Waals surface area contributed by atoms with E-state index in [0.717, 1.165) is 10.9 Å². The number of aromatic hydroxyl groups is 1. The molecule has 24 heavy (non-hydrogen) atoms. The van der Waals surface area contributed by atoms with Gasteiger partial charge in [0, 0.05) is 5.56 Å². The van der Waals surface area contributed by atoms with Crippen LogP contribution in [0, 0.1) is 0 Å². The van der Waals surface area contributed by atoms with Gasteiger partial charge in [-0.15, -0.1) is 0 Å². The van der Waals surface area contributed by atoms with E-state index in [1.54, 1.807) is 0 Å². The highest BCUT2D eigenvalue weighted by Crippen LogP contribution is 2.45. The Bertz CT molecular complexity index is 1230. The standard InChI is InChI=1S/C23H18O/c1-13(2)20-19(24)12-15-8-5-10-17-16-9-3-6-14-7-4-11-18(21(14)16)23(20)22(15)17/h3-13,24H,1-2H3. The quantitative estimate of drug-likeness (QED) is 0.274. The minimum Gasteiger partial charge on any atom is -0.508 e. The van der Waals surface area contributed by atoms with Crippen molar-refractivity contribution in [1.82, 2.24) is 0 Å². The topological polar surface area (TPSA) is 20.2 Å². The zero-order chi connectivity index (χ0) is 16.4. The maximum absolute atomic E-state index is 10.7. The van der Waals surface area contributed by atoms with Crippen LogP contribution in [0.4, 0.5) is 0 Å². The summed E-state index contributed by atoms with van der Waals surface area (Å²) >= 11 is 0. The van der Waals surface area contributed by atoms with Crippen LogP contribution in [0.1, 0.15) is 25.3 Å². The van der Waals surface area contributed by atoms with Crippen LogP contribution < -0.4 is 0 Å². The molecule has 0 unspecified atom stereocenters. The van der Waals surface area contributed by atoms with Crippen molar-refractivity contribution in [2.45, 2.75) is 19.8 Å². The third kappa shape index (κ3) is 1.59. The van der Waals surface area contributed by atoms with Crippen LogP contribution in [0.3, 0.4) is 0 Å². The summed E-state index contributed by atoms with van der Waals surface area (Å²) in [4.78, 5) is 0. The maximum atomic E-state index is 10.7. The lowest BCUT2D eigenvalue weighted by molar-refractivity contribution is 0.467. The van der Waals surface area contributed by atoms with E-state index >= 15 is 0 Å². The highest BCUT2D eigenvalue weighted by molar-refractivity contribution is 6.33. The van der Waals surface area contributed by atoms with Crippen molar-refractivity contribution < 1.29 is 5.11 Å². The van der Waals surface area contributed by atoms with Crippen molar-refractivity contribution in [3.63, 3.8) is 0 Å². The first-order valence-corrected chi connectivity index (χ1v) is 8.48. The van der Waals surface area contributed by atoms with Crippen LogP contribution in [0.5, 0.6) is 5.75 Å². The summed E-state index contributed by atoms with van der Waals surface area (Å²) in [7, 11) is 0. The van der Waals surface area contributed by atoms with Gasteiger partial charge in [-0.2, -0.15) is 0 Å². The van der Waals surface area contributed by atoms with E-state index in [-0.39, 0.29) is 5.92 Å². The van der Waals surface area contributed by atoms with E-state index in [1.165, 1.54) is 37.7 Å². The molecule has 116 valence electrons. The molecule has 0 heterocycles. The van der Waals surface area contributed by atoms with Gasteiger partial charge >= 0.3 is 0 Å². The number of hydrogen-bond donors (Lipinski definition) is 1. The number of rotatable bonds is 1.